The smallest absolute Gasteiger partial charge is 0.308 e. The average molecular weight is 556 g/mol. The van der Waals surface area contributed by atoms with Gasteiger partial charge in [-0.1, -0.05) is 68.4 Å². The summed E-state index contributed by atoms with van der Waals surface area (Å²) >= 11 is 0. The number of amides is 1. The summed E-state index contributed by atoms with van der Waals surface area (Å²) in [7, 11) is 3.36. The van der Waals surface area contributed by atoms with Crippen molar-refractivity contribution in [3.63, 3.8) is 0 Å². The number of rotatable bonds is 21. The van der Waals surface area contributed by atoms with Gasteiger partial charge in [0.25, 0.3) is 0 Å². The van der Waals surface area contributed by atoms with E-state index < -0.39 is 0 Å². The van der Waals surface area contributed by atoms with E-state index in [9.17, 15) is 14.4 Å². The molecule has 0 saturated heterocycles. The van der Waals surface area contributed by atoms with E-state index in [2.05, 4.69) is 13.8 Å². The van der Waals surface area contributed by atoms with Crippen LogP contribution in [0, 0.1) is 29.6 Å². The molecule has 0 aromatic rings. The van der Waals surface area contributed by atoms with Crippen LogP contribution >= 0.6 is 0 Å². The van der Waals surface area contributed by atoms with Crippen molar-refractivity contribution in [2.75, 3.05) is 20.8 Å². The van der Waals surface area contributed by atoms with Crippen molar-refractivity contribution in [1.82, 2.24) is 4.90 Å². The van der Waals surface area contributed by atoms with E-state index >= 15 is 0 Å². The molecule has 39 heavy (non-hydrogen) atoms. The highest BCUT2D eigenvalue weighted by Gasteiger charge is 2.33. The number of ether oxygens (including phenoxy) is 4. The third-order valence-electron chi connectivity index (χ3n) is 7.46. The lowest BCUT2D eigenvalue weighted by atomic mass is 9.84. The lowest BCUT2D eigenvalue weighted by Gasteiger charge is -2.34. The fraction of sp³-hybridized carbons (Fsp3) is 0.839. The van der Waals surface area contributed by atoms with Crippen molar-refractivity contribution >= 4 is 18.3 Å². The minimum absolute atomic E-state index is 0.00578. The van der Waals surface area contributed by atoms with Crippen molar-refractivity contribution in [2.24, 2.45) is 29.6 Å². The van der Waals surface area contributed by atoms with E-state index in [1.807, 2.05) is 47.6 Å². The average Bonchev–Trinajstić information content (AvgIpc) is 2.90. The molecule has 0 spiro atoms. The van der Waals surface area contributed by atoms with Gasteiger partial charge in [0, 0.05) is 51.6 Å². The second-order valence-corrected chi connectivity index (χ2v) is 11.4. The van der Waals surface area contributed by atoms with Crippen LogP contribution in [0.4, 0.5) is 0 Å². The van der Waals surface area contributed by atoms with E-state index in [0.717, 1.165) is 19.3 Å². The molecule has 0 aliphatic rings. The van der Waals surface area contributed by atoms with Crippen LogP contribution in [0.2, 0.25) is 0 Å². The zero-order chi connectivity index (χ0) is 30.1. The predicted octanol–water partition coefficient (Wildman–Crippen LogP) is 6.02. The van der Waals surface area contributed by atoms with E-state index in [1.54, 1.807) is 32.2 Å². The molecule has 0 aromatic heterocycles. The second-order valence-electron chi connectivity index (χ2n) is 11.4. The van der Waals surface area contributed by atoms with Gasteiger partial charge < -0.3 is 23.8 Å². The maximum atomic E-state index is 12.7. The standard InChI is InChI=1S/C31H57NO7/c1-12-17-32(20-33)18-16-24(8)30(37-11)25(9)26(39-31(35)22(5)6)15-14-23(7)28(36-10)19-27(21(3)4)38-29(34)13-2/h16,18,20-28,30H,12-15,17,19H2,1-11H3/b18-16+/t23-,24+,25-,26+,27-,28-,30+/m0/s1. The van der Waals surface area contributed by atoms with Crippen LogP contribution in [0.1, 0.15) is 94.4 Å². The molecule has 8 heteroatoms. The monoisotopic (exact) mass is 555 g/mol. The number of carbonyl (C=O) groups excluding carboxylic acids is 3. The second kappa shape index (κ2) is 20.0. The number of hydrogen-bond donors (Lipinski definition) is 0. The normalized spacial score (nSPS) is 17.4. The molecule has 0 fully saturated rings. The Bertz CT molecular complexity index is 724. The van der Waals surface area contributed by atoms with Gasteiger partial charge in [-0.15, -0.1) is 0 Å². The quantitative estimate of drug-likeness (QED) is 0.126. The molecular weight excluding hydrogens is 498 g/mol. The summed E-state index contributed by atoms with van der Waals surface area (Å²) in [6.45, 7) is 18.5. The van der Waals surface area contributed by atoms with Gasteiger partial charge in [-0.05, 0) is 31.1 Å². The zero-order valence-electron chi connectivity index (χ0n) is 26.5. The van der Waals surface area contributed by atoms with E-state index in [1.165, 1.54) is 0 Å². The number of esters is 2. The Morgan fingerprint density at radius 2 is 1.49 bits per heavy atom. The van der Waals surface area contributed by atoms with Crippen LogP contribution in [-0.4, -0.2) is 68.4 Å². The fourth-order valence-electron chi connectivity index (χ4n) is 4.72. The summed E-state index contributed by atoms with van der Waals surface area (Å²) in [5.74, 6) is -0.443. The molecule has 0 heterocycles. The van der Waals surface area contributed by atoms with Gasteiger partial charge in [0.2, 0.25) is 6.41 Å². The van der Waals surface area contributed by atoms with Gasteiger partial charge in [-0.25, -0.2) is 0 Å². The maximum Gasteiger partial charge on any atom is 0.308 e. The van der Waals surface area contributed by atoms with Crippen molar-refractivity contribution in [3.8, 4) is 0 Å². The first-order valence-electron chi connectivity index (χ1n) is 14.7. The molecule has 228 valence electrons. The molecule has 1 amide bonds. The summed E-state index contributed by atoms with van der Waals surface area (Å²) < 4.78 is 23.5. The number of methoxy groups -OCH3 is 2. The summed E-state index contributed by atoms with van der Waals surface area (Å²) in [6.07, 6.45) is 6.95. The molecule has 0 radical (unpaired) electrons. The van der Waals surface area contributed by atoms with Gasteiger partial charge in [0.1, 0.15) is 12.2 Å². The Hall–Kier alpha value is -1.93. The minimum atomic E-state index is -0.350. The topological polar surface area (TPSA) is 91.4 Å². The molecule has 0 aliphatic carbocycles. The number of hydrogen-bond acceptors (Lipinski definition) is 7. The van der Waals surface area contributed by atoms with Crippen molar-refractivity contribution in [3.05, 3.63) is 12.3 Å². The SMILES string of the molecule is CCCN(C=O)/C=C/[C@@H](C)[C@@H](OC)[C@@H](C)[C@@H](CC[C@H](C)[C@H](C[C@H](OC(=O)CC)C(C)C)OC)OC(=O)C(C)C. The van der Waals surface area contributed by atoms with E-state index in [4.69, 9.17) is 18.9 Å². The van der Waals surface area contributed by atoms with Crippen LogP contribution in [-0.2, 0) is 33.3 Å². The third-order valence-corrected chi connectivity index (χ3v) is 7.46. The van der Waals surface area contributed by atoms with Crippen molar-refractivity contribution in [2.45, 2.75) is 119 Å². The molecular formula is C31H57NO7. The number of nitrogens with zero attached hydrogens (tertiary/aromatic N) is 1. The van der Waals surface area contributed by atoms with Crippen LogP contribution in [0.3, 0.4) is 0 Å². The molecule has 0 saturated carbocycles. The molecule has 0 rings (SSSR count). The summed E-state index contributed by atoms with van der Waals surface area (Å²) in [5.41, 5.74) is 0. The molecule has 0 N–H and O–H groups in total. The van der Waals surface area contributed by atoms with Gasteiger partial charge in [-0.2, -0.15) is 0 Å². The number of carbonyl (C=O) groups is 3. The van der Waals surface area contributed by atoms with Gasteiger partial charge in [0.05, 0.1) is 18.1 Å². The van der Waals surface area contributed by atoms with Crippen LogP contribution in [0.15, 0.2) is 12.3 Å². The first-order chi connectivity index (χ1) is 18.4. The lowest BCUT2D eigenvalue weighted by Crippen LogP contribution is -2.39. The third kappa shape index (κ3) is 13.8. The highest BCUT2D eigenvalue weighted by atomic mass is 16.6. The first-order valence-corrected chi connectivity index (χ1v) is 14.7. The first kappa shape index (κ1) is 37.1. The van der Waals surface area contributed by atoms with Gasteiger partial charge in [-0.3, -0.25) is 14.4 Å². The molecule has 0 aromatic carbocycles. The molecule has 8 nitrogen and oxygen atoms in total. The molecule has 0 bridgehead atoms. The maximum absolute atomic E-state index is 12.7. The summed E-state index contributed by atoms with van der Waals surface area (Å²) in [5, 5.41) is 0. The Morgan fingerprint density at radius 1 is 0.846 bits per heavy atom. The van der Waals surface area contributed by atoms with Crippen molar-refractivity contribution in [1.29, 1.82) is 0 Å². The Kier molecular flexibility index (Phi) is 19.0. The Labute approximate surface area is 238 Å². The van der Waals surface area contributed by atoms with Crippen molar-refractivity contribution < 1.29 is 33.3 Å². The van der Waals surface area contributed by atoms with E-state index in [0.29, 0.717) is 25.8 Å². The van der Waals surface area contributed by atoms with Gasteiger partial charge >= 0.3 is 11.9 Å². The highest BCUT2D eigenvalue weighted by molar-refractivity contribution is 5.71. The van der Waals surface area contributed by atoms with Crippen LogP contribution in [0.25, 0.3) is 0 Å². The van der Waals surface area contributed by atoms with Gasteiger partial charge in [0.15, 0.2) is 0 Å². The highest BCUT2D eigenvalue weighted by Crippen LogP contribution is 2.29. The van der Waals surface area contributed by atoms with Crippen LogP contribution in [0.5, 0.6) is 0 Å². The Balaban J connectivity index is 5.65. The van der Waals surface area contributed by atoms with Crippen LogP contribution < -0.4 is 0 Å². The zero-order valence-corrected chi connectivity index (χ0v) is 26.5. The minimum Gasteiger partial charge on any atom is -0.462 e. The molecule has 7 atom stereocenters. The predicted molar refractivity (Wildman–Crippen MR) is 155 cm³/mol. The molecule has 0 aliphatic heterocycles. The molecule has 0 unspecified atom stereocenters. The van der Waals surface area contributed by atoms with E-state index in [-0.39, 0.29) is 65.9 Å². The summed E-state index contributed by atoms with van der Waals surface area (Å²) in [4.78, 5) is 37.6. The lowest BCUT2D eigenvalue weighted by molar-refractivity contribution is -0.159. The Morgan fingerprint density at radius 3 is 1.95 bits per heavy atom. The summed E-state index contributed by atoms with van der Waals surface area (Å²) in [6, 6.07) is 0. The largest absolute Gasteiger partial charge is 0.462 e. The fourth-order valence-corrected chi connectivity index (χ4v) is 4.72.